The van der Waals surface area contributed by atoms with Gasteiger partial charge in [0.2, 0.25) is 0 Å². The zero-order valence-corrected chi connectivity index (χ0v) is 10.6. The standard InChI is InChI=1S/C12H17N3O3/c1-3-9-4-10(14-8-13-9)15-6-12(2,7-15)18-5-11(16)17/h4,8H,3,5-7H2,1-2H3,(H,16,17). The highest BCUT2D eigenvalue weighted by atomic mass is 16.5. The number of carbonyl (C=O) groups is 1. The van der Waals surface area contributed by atoms with Crippen LogP contribution in [0.3, 0.4) is 0 Å². The Hall–Kier alpha value is -1.69. The lowest BCUT2D eigenvalue weighted by Gasteiger charge is -2.47. The molecule has 1 aliphatic heterocycles. The van der Waals surface area contributed by atoms with Crippen molar-refractivity contribution in [1.82, 2.24) is 9.97 Å². The number of aromatic nitrogens is 2. The van der Waals surface area contributed by atoms with Gasteiger partial charge in [0.05, 0.1) is 0 Å². The van der Waals surface area contributed by atoms with Crippen molar-refractivity contribution in [3.05, 3.63) is 18.1 Å². The molecule has 1 aliphatic rings. The molecule has 0 aromatic carbocycles. The summed E-state index contributed by atoms with van der Waals surface area (Å²) in [5.41, 5.74) is 0.607. The zero-order chi connectivity index (χ0) is 13.2. The molecule has 1 saturated heterocycles. The first-order chi connectivity index (χ1) is 8.52. The third kappa shape index (κ3) is 2.76. The molecule has 0 amide bonds. The van der Waals surface area contributed by atoms with Crippen molar-refractivity contribution < 1.29 is 14.6 Å². The molecule has 2 heterocycles. The van der Waals surface area contributed by atoms with Gasteiger partial charge < -0.3 is 14.7 Å². The van der Waals surface area contributed by atoms with Crippen LogP contribution < -0.4 is 4.90 Å². The van der Waals surface area contributed by atoms with E-state index in [2.05, 4.69) is 14.9 Å². The highest BCUT2D eigenvalue weighted by Gasteiger charge is 2.41. The topological polar surface area (TPSA) is 75.5 Å². The Morgan fingerprint density at radius 2 is 2.28 bits per heavy atom. The molecule has 0 unspecified atom stereocenters. The highest BCUT2D eigenvalue weighted by molar-refractivity contribution is 5.68. The van der Waals surface area contributed by atoms with Crippen LogP contribution in [0.2, 0.25) is 0 Å². The van der Waals surface area contributed by atoms with E-state index in [-0.39, 0.29) is 6.61 Å². The van der Waals surface area contributed by atoms with E-state index in [1.165, 1.54) is 0 Å². The smallest absolute Gasteiger partial charge is 0.329 e. The number of carboxylic acids is 1. The molecule has 1 fully saturated rings. The molecule has 6 nitrogen and oxygen atoms in total. The van der Waals surface area contributed by atoms with Crippen LogP contribution in [0.25, 0.3) is 0 Å². The Balaban J connectivity index is 1.93. The lowest BCUT2D eigenvalue weighted by Crippen LogP contribution is -2.62. The molecule has 0 saturated carbocycles. The molecule has 0 atom stereocenters. The third-order valence-corrected chi connectivity index (χ3v) is 2.99. The molecule has 6 heteroatoms. The third-order valence-electron chi connectivity index (χ3n) is 2.99. The van der Waals surface area contributed by atoms with Crippen LogP contribution in [-0.2, 0) is 16.0 Å². The van der Waals surface area contributed by atoms with Crippen LogP contribution in [0.5, 0.6) is 0 Å². The second kappa shape index (κ2) is 4.89. The molecular formula is C12H17N3O3. The van der Waals surface area contributed by atoms with Crippen molar-refractivity contribution in [2.75, 3.05) is 24.6 Å². The molecule has 1 N–H and O–H groups in total. The normalized spacial score (nSPS) is 17.3. The van der Waals surface area contributed by atoms with E-state index < -0.39 is 11.6 Å². The van der Waals surface area contributed by atoms with E-state index in [1.54, 1.807) is 6.33 Å². The van der Waals surface area contributed by atoms with E-state index in [1.807, 2.05) is 19.9 Å². The maximum Gasteiger partial charge on any atom is 0.329 e. The van der Waals surface area contributed by atoms with E-state index >= 15 is 0 Å². The second-order valence-corrected chi connectivity index (χ2v) is 4.71. The fourth-order valence-corrected chi connectivity index (χ4v) is 2.00. The van der Waals surface area contributed by atoms with Crippen molar-refractivity contribution >= 4 is 11.8 Å². The molecule has 1 aromatic rings. The van der Waals surface area contributed by atoms with Crippen molar-refractivity contribution in [3.8, 4) is 0 Å². The minimum atomic E-state index is -0.940. The van der Waals surface area contributed by atoms with E-state index in [0.717, 1.165) is 17.9 Å². The van der Waals surface area contributed by atoms with Gasteiger partial charge in [0.15, 0.2) is 0 Å². The Bertz CT molecular complexity index is 444. The fourth-order valence-electron chi connectivity index (χ4n) is 2.00. The molecule has 0 radical (unpaired) electrons. The van der Waals surface area contributed by atoms with Gasteiger partial charge in [0.1, 0.15) is 24.4 Å². The molecule has 0 spiro atoms. The number of nitrogens with zero attached hydrogens (tertiary/aromatic N) is 3. The van der Waals surface area contributed by atoms with Gasteiger partial charge in [-0.25, -0.2) is 14.8 Å². The van der Waals surface area contributed by atoms with E-state index in [0.29, 0.717) is 13.1 Å². The Kier molecular flexibility index (Phi) is 3.47. The van der Waals surface area contributed by atoms with E-state index in [9.17, 15) is 4.79 Å². The Morgan fingerprint density at radius 3 is 2.89 bits per heavy atom. The first-order valence-corrected chi connectivity index (χ1v) is 5.94. The van der Waals surface area contributed by atoms with Crippen LogP contribution in [0.15, 0.2) is 12.4 Å². The minimum absolute atomic E-state index is 0.256. The van der Waals surface area contributed by atoms with Crippen molar-refractivity contribution in [2.24, 2.45) is 0 Å². The summed E-state index contributed by atoms with van der Waals surface area (Å²) in [7, 11) is 0. The summed E-state index contributed by atoms with van der Waals surface area (Å²) in [6, 6.07) is 1.96. The average molecular weight is 251 g/mol. The zero-order valence-electron chi connectivity index (χ0n) is 10.6. The van der Waals surface area contributed by atoms with Crippen LogP contribution in [0.4, 0.5) is 5.82 Å². The summed E-state index contributed by atoms with van der Waals surface area (Å²) in [5, 5.41) is 8.59. The monoisotopic (exact) mass is 251 g/mol. The summed E-state index contributed by atoms with van der Waals surface area (Å²) < 4.78 is 5.35. The predicted octanol–water partition coefficient (Wildman–Crippen LogP) is 0.719. The van der Waals surface area contributed by atoms with Gasteiger partial charge in [-0.2, -0.15) is 0 Å². The summed E-state index contributed by atoms with van der Waals surface area (Å²) in [6.45, 7) is 5.01. The van der Waals surface area contributed by atoms with Gasteiger partial charge in [0.25, 0.3) is 0 Å². The van der Waals surface area contributed by atoms with Crippen LogP contribution >= 0.6 is 0 Å². The Labute approximate surface area is 106 Å². The summed E-state index contributed by atoms with van der Waals surface area (Å²) in [4.78, 5) is 20.9. The first-order valence-electron chi connectivity index (χ1n) is 5.94. The van der Waals surface area contributed by atoms with Gasteiger partial charge in [-0.15, -0.1) is 0 Å². The second-order valence-electron chi connectivity index (χ2n) is 4.71. The predicted molar refractivity (Wildman–Crippen MR) is 65.6 cm³/mol. The number of carboxylic acid groups (broad SMARTS) is 1. The molecule has 98 valence electrons. The molecule has 0 bridgehead atoms. The van der Waals surface area contributed by atoms with Gasteiger partial charge in [0, 0.05) is 24.8 Å². The van der Waals surface area contributed by atoms with Crippen LogP contribution in [0, 0.1) is 0 Å². The van der Waals surface area contributed by atoms with E-state index in [4.69, 9.17) is 9.84 Å². The minimum Gasteiger partial charge on any atom is -0.480 e. The molecule has 0 aliphatic carbocycles. The van der Waals surface area contributed by atoms with Crippen molar-refractivity contribution in [3.63, 3.8) is 0 Å². The quantitative estimate of drug-likeness (QED) is 0.831. The average Bonchev–Trinajstić information content (AvgIpc) is 2.33. The van der Waals surface area contributed by atoms with Crippen LogP contribution in [0.1, 0.15) is 19.5 Å². The Morgan fingerprint density at radius 1 is 1.56 bits per heavy atom. The summed E-state index contributed by atoms with van der Waals surface area (Å²) in [5.74, 6) is -0.0665. The molecular weight excluding hydrogens is 234 g/mol. The summed E-state index contributed by atoms with van der Waals surface area (Å²) >= 11 is 0. The maximum absolute atomic E-state index is 10.5. The highest BCUT2D eigenvalue weighted by Crippen LogP contribution is 2.28. The number of aryl methyl sites for hydroxylation is 1. The molecule has 1 aromatic heterocycles. The molecule has 18 heavy (non-hydrogen) atoms. The SMILES string of the molecule is CCc1cc(N2CC(C)(OCC(=O)O)C2)ncn1. The number of anilines is 1. The van der Waals surface area contributed by atoms with Gasteiger partial charge >= 0.3 is 5.97 Å². The number of rotatable bonds is 5. The number of aliphatic carboxylic acids is 1. The summed E-state index contributed by atoms with van der Waals surface area (Å²) in [6.07, 6.45) is 2.43. The lowest BCUT2D eigenvalue weighted by atomic mass is 9.96. The largest absolute Gasteiger partial charge is 0.480 e. The van der Waals surface area contributed by atoms with Crippen molar-refractivity contribution in [2.45, 2.75) is 25.9 Å². The molecule has 2 rings (SSSR count). The first kappa shape index (κ1) is 12.8. The van der Waals surface area contributed by atoms with Gasteiger partial charge in [-0.3, -0.25) is 0 Å². The number of hydrogen-bond acceptors (Lipinski definition) is 5. The maximum atomic E-state index is 10.5. The number of ether oxygens (including phenoxy) is 1. The van der Waals surface area contributed by atoms with Crippen molar-refractivity contribution in [1.29, 1.82) is 0 Å². The van der Waals surface area contributed by atoms with Gasteiger partial charge in [-0.1, -0.05) is 6.92 Å². The lowest BCUT2D eigenvalue weighted by molar-refractivity contribution is -0.150. The number of hydrogen-bond donors (Lipinski definition) is 1. The van der Waals surface area contributed by atoms with Gasteiger partial charge in [-0.05, 0) is 13.3 Å². The fraction of sp³-hybridized carbons (Fsp3) is 0.583. The van der Waals surface area contributed by atoms with Crippen LogP contribution in [-0.4, -0.2) is 46.3 Å².